The summed E-state index contributed by atoms with van der Waals surface area (Å²) in [6.07, 6.45) is 3.07. The van der Waals surface area contributed by atoms with Crippen molar-refractivity contribution in [2.45, 2.75) is 11.7 Å². The second-order valence-electron chi connectivity index (χ2n) is 2.90. The lowest BCUT2D eigenvalue weighted by atomic mass is 10.4. The smallest absolute Gasteiger partial charge is 0.313 e. The van der Waals surface area contributed by atoms with E-state index in [4.69, 9.17) is 9.63 Å². The predicted molar refractivity (Wildman–Crippen MR) is 54.0 cm³/mol. The molecule has 0 bridgehead atoms. The van der Waals surface area contributed by atoms with Crippen LogP contribution in [0.1, 0.15) is 5.76 Å². The van der Waals surface area contributed by atoms with E-state index in [1.165, 1.54) is 6.33 Å². The van der Waals surface area contributed by atoms with E-state index >= 15 is 0 Å². The monoisotopic (exact) mass is 240 g/mol. The van der Waals surface area contributed by atoms with Gasteiger partial charge in [0, 0.05) is 6.07 Å². The summed E-state index contributed by atoms with van der Waals surface area (Å²) < 4.78 is 6.64. The van der Waals surface area contributed by atoms with Gasteiger partial charge < -0.3 is 14.2 Å². The van der Waals surface area contributed by atoms with Crippen LogP contribution >= 0.6 is 11.8 Å². The van der Waals surface area contributed by atoms with E-state index in [1.54, 1.807) is 16.8 Å². The number of carboxylic acid groups (broad SMARTS) is 1. The predicted octanol–water partition coefficient (Wildman–Crippen LogP) is 0.491. The van der Waals surface area contributed by atoms with Crippen LogP contribution in [-0.4, -0.2) is 36.7 Å². The quantitative estimate of drug-likeness (QED) is 0.760. The molecular formula is C8H8N4O3S. The third-order valence-corrected chi connectivity index (χ3v) is 2.69. The Morgan fingerprint density at radius 2 is 2.50 bits per heavy atom. The van der Waals surface area contributed by atoms with Gasteiger partial charge in [0.15, 0.2) is 10.9 Å². The Morgan fingerprint density at radius 1 is 1.62 bits per heavy atom. The van der Waals surface area contributed by atoms with E-state index in [9.17, 15) is 4.79 Å². The van der Waals surface area contributed by atoms with Crippen LogP contribution in [0.25, 0.3) is 0 Å². The number of rotatable bonds is 5. The third kappa shape index (κ3) is 2.60. The maximum Gasteiger partial charge on any atom is 0.313 e. The highest BCUT2D eigenvalue weighted by molar-refractivity contribution is 7.99. The average Bonchev–Trinajstić information content (AvgIpc) is 2.87. The molecule has 0 aliphatic heterocycles. The SMILES string of the molecule is O=C(O)CSc1nncn1Cc1ccno1. The molecule has 0 spiro atoms. The van der Waals surface area contributed by atoms with Crippen molar-refractivity contribution >= 4 is 17.7 Å². The normalized spacial score (nSPS) is 10.5. The zero-order valence-corrected chi connectivity index (χ0v) is 8.92. The van der Waals surface area contributed by atoms with Crippen molar-refractivity contribution < 1.29 is 14.4 Å². The molecule has 0 radical (unpaired) electrons. The Morgan fingerprint density at radius 3 is 3.19 bits per heavy atom. The second-order valence-corrected chi connectivity index (χ2v) is 3.85. The summed E-state index contributed by atoms with van der Waals surface area (Å²) in [4.78, 5) is 10.4. The maximum absolute atomic E-state index is 10.4. The van der Waals surface area contributed by atoms with Gasteiger partial charge in [0.25, 0.3) is 0 Å². The molecule has 0 aromatic carbocycles. The van der Waals surface area contributed by atoms with E-state index < -0.39 is 5.97 Å². The molecule has 16 heavy (non-hydrogen) atoms. The van der Waals surface area contributed by atoms with E-state index in [-0.39, 0.29) is 5.75 Å². The molecule has 2 heterocycles. The Labute approximate surface area is 94.5 Å². The molecule has 0 amide bonds. The minimum Gasteiger partial charge on any atom is -0.481 e. The Balaban J connectivity index is 2.04. The number of aromatic nitrogens is 4. The molecule has 8 heteroatoms. The minimum atomic E-state index is -0.890. The number of aliphatic carboxylic acids is 1. The van der Waals surface area contributed by atoms with Gasteiger partial charge in [-0.2, -0.15) is 0 Å². The molecule has 0 atom stereocenters. The molecule has 2 rings (SSSR count). The van der Waals surface area contributed by atoms with E-state index in [0.29, 0.717) is 17.5 Å². The first-order valence-corrected chi connectivity index (χ1v) is 5.36. The van der Waals surface area contributed by atoms with Crippen LogP contribution in [0.2, 0.25) is 0 Å². The van der Waals surface area contributed by atoms with Crippen LogP contribution in [0.15, 0.2) is 28.3 Å². The third-order valence-electron chi connectivity index (χ3n) is 1.72. The standard InChI is InChI=1S/C8H8N4O3S/c13-7(14)4-16-8-11-9-5-12(8)3-6-1-2-10-15-6/h1-2,5H,3-4H2,(H,13,14). The summed E-state index contributed by atoms with van der Waals surface area (Å²) in [6.45, 7) is 0.439. The first-order valence-electron chi connectivity index (χ1n) is 4.37. The van der Waals surface area contributed by atoms with Gasteiger partial charge in [-0.1, -0.05) is 16.9 Å². The largest absolute Gasteiger partial charge is 0.481 e. The van der Waals surface area contributed by atoms with Gasteiger partial charge in [-0.15, -0.1) is 10.2 Å². The van der Waals surface area contributed by atoms with Crippen LogP contribution in [0.3, 0.4) is 0 Å². The van der Waals surface area contributed by atoms with Crippen LogP contribution < -0.4 is 0 Å². The van der Waals surface area contributed by atoms with E-state index in [0.717, 1.165) is 11.8 Å². The summed E-state index contributed by atoms with van der Waals surface area (Å²) in [7, 11) is 0. The lowest BCUT2D eigenvalue weighted by Crippen LogP contribution is -2.03. The number of thioether (sulfide) groups is 1. The number of carboxylic acids is 1. The lowest BCUT2D eigenvalue weighted by molar-refractivity contribution is -0.133. The number of carbonyl (C=O) groups is 1. The highest BCUT2D eigenvalue weighted by Gasteiger charge is 2.09. The van der Waals surface area contributed by atoms with Gasteiger partial charge in [-0.25, -0.2) is 0 Å². The van der Waals surface area contributed by atoms with Crippen molar-refractivity contribution in [3.8, 4) is 0 Å². The fraction of sp³-hybridized carbons (Fsp3) is 0.250. The molecular weight excluding hydrogens is 232 g/mol. The molecule has 0 saturated heterocycles. The summed E-state index contributed by atoms with van der Waals surface area (Å²) in [6, 6.07) is 1.73. The zero-order chi connectivity index (χ0) is 11.4. The van der Waals surface area contributed by atoms with Crippen molar-refractivity contribution in [1.29, 1.82) is 0 Å². The summed E-state index contributed by atoms with van der Waals surface area (Å²) in [5.41, 5.74) is 0. The van der Waals surface area contributed by atoms with E-state index in [1.807, 2.05) is 0 Å². The topological polar surface area (TPSA) is 94.0 Å². The van der Waals surface area contributed by atoms with Crippen molar-refractivity contribution in [3.63, 3.8) is 0 Å². The van der Waals surface area contributed by atoms with Crippen LogP contribution in [0, 0.1) is 0 Å². The van der Waals surface area contributed by atoms with Gasteiger partial charge >= 0.3 is 5.97 Å². The Bertz CT molecular complexity index is 467. The molecule has 2 aromatic heterocycles. The molecule has 0 unspecified atom stereocenters. The molecule has 7 nitrogen and oxygen atoms in total. The highest BCUT2D eigenvalue weighted by Crippen LogP contribution is 2.15. The first kappa shape index (κ1) is 10.7. The molecule has 0 fully saturated rings. The maximum atomic E-state index is 10.4. The Hall–Kier alpha value is -1.83. The molecule has 0 saturated carbocycles. The fourth-order valence-corrected chi connectivity index (χ4v) is 1.72. The summed E-state index contributed by atoms with van der Waals surface area (Å²) >= 11 is 1.11. The average molecular weight is 240 g/mol. The van der Waals surface area contributed by atoms with Gasteiger partial charge in [0.2, 0.25) is 0 Å². The lowest BCUT2D eigenvalue weighted by Gasteiger charge is -2.01. The van der Waals surface area contributed by atoms with Crippen LogP contribution in [0.5, 0.6) is 0 Å². The van der Waals surface area contributed by atoms with Crippen LogP contribution in [0.4, 0.5) is 0 Å². The van der Waals surface area contributed by atoms with Crippen molar-refractivity contribution in [1.82, 2.24) is 19.9 Å². The molecule has 2 aromatic rings. The van der Waals surface area contributed by atoms with Crippen LogP contribution in [-0.2, 0) is 11.3 Å². The molecule has 1 N–H and O–H groups in total. The first-order chi connectivity index (χ1) is 7.75. The van der Waals surface area contributed by atoms with Crippen molar-refractivity contribution in [2.75, 3.05) is 5.75 Å². The minimum absolute atomic E-state index is 0.0465. The molecule has 0 aliphatic rings. The van der Waals surface area contributed by atoms with Crippen molar-refractivity contribution in [2.24, 2.45) is 0 Å². The second kappa shape index (κ2) is 4.79. The Kier molecular flexibility index (Phi) is 3.20. The number of hydrogen-bond donors (Lipinski definition) is 1. The fourth-order valence-electron chi connectivity index (χ4n) is 1.08. The van der Waals surface area contributed by atoms with Gasteiger partial charge in [-0.3, -0.25) is 4.79 Å². The molecule has 84 valence electrons. The van der Waals surface area contributed by atoms with Gasteiger partial charge in [0.05, 0.1) is 18.5 Å². The van der Waals surface area contributed by atoms with Gasteiger partial charge in [0.1, 0.15) is 6.33 Å². The van der Waals surface area contributed by atoms with E-state index in [2.05, 4.69) is 15.4 Å². The number of hydrogen-bond acceptors (Lipinski definition) is 6. The van der Waals surface area contributed by atoms with Crippen molar-refractivity contribution in [3.05, 3.63) is 24.4 Å². The highest BCUT2D eigenvalue weighted by atomic mass is 32.2. The summed E-state index contributed by atoms with van der Waals surface area (Å²) in [5.74, 6) is -0.272. The zero-order valence-electron chi connectivity index (χ0n) is 8.11. The molecule has 0 aliphatic carbocycles. The van der Waals surface area contributed by atoms with Gasteiger partial charge in [-0.05, 0) is 0 Å². The number of nitrogens with zero attached hydrogens (tertiary/aromatic N) is 4. The summed E-state index contributed by atoms with van der Waals surface area (Å²) in [5, 5.41) is 20.2.